The largest absolute Gasteiger partial charge is 0.469 e. The van der Waals surface area contributed by atoms with E-state index in [1.807, 2.05) is 0 Å². The molecule has 0 bridgehead atoms. The van der Waals surface area contributed by atoms with Gasteiger partial charge in [0.25, 0.3) is 0 Å². The molecule has 6 fully saturated rings. The van der Waals surface area contributed by atoms with E-state index in [-0.39, 0.29) is 41.8 Å². The van der Waals surface area contributed by atoms with Crippen molar-refractivity contribution in [1.82, 2.24) is 15.5 Å². The van der Waals surface area contributed by atoms with Crippen LogP contribution in [-0.4, -0.2) is 85.8 Å². The van der Waals surface area contributed by atoms with E-state index in [0.717, 1.165) is 51.5 Å². The van der Waals surface area contributed by atoms with Gasteiger partial charge in [-0.15, -0.1) is 0 Å². The Balaban J connectivity index is 1.10. The lowest BCUT2D eigenvalue weighted by molar-refractivity contribution is -0.154. The number of hydrogen-bond acceptors (Lipinski definition) is 8. The van der Waals surface area contributed by atoms with Crippen LogP contribution in [0.15, 0.2) is 0 Å². The van der Waals surface area contributed by atoms with Gasteiger partial charge in [-0.3, -0.25) is 19.2 Å². The molecular formula is C31H47N3O7. The van der Waals surface area contributed by atoms with Crippen molar-refractivity contribution < 1.29 is 33.4 Å². The second kappa shape index (κ2) is 11.8. The predicted octanol–water partition coefficient (Wildman–Crippen LogP) is 2.18. The number of nitrogens with zero attached hydrogens (tertiary/aromatic N) is 1. The number of esters is 2. The maximum atomic E-state index is 13.8. The fourth-order valence-electron chi connectivity index (χ4n) is 9.72. The minimum absolute atomic E-state index is 0.0466. The van der Waals surface area contributed by atoms with Gasteiger partial charge >= 0.3 is 11.9 Å². The Morgan fingerprint density at radius 3 is 2.46 bits per heavy atom. The van der Waals surface area contributed by atoms with Crippen molar-refractivity contribution in [1.29, 1.82) is 0 Å². The zero-order valence-corrected chi connectivity index (χ0v) is 24.7. The van der Waals surface area contributed by atoms with E-state index in [1.165, 1.54) is 20.6 Å². The zero-order chi connectivity index (χ0) is 28.8. The van der Waals surface area contributed by atoms with Crippen LogP contribution in [0.3, 0.4) is 0 Å². The number of carbonyl (C=O) groups excluding carboxylic acids is 4. The lowest BCUT2D eigenvalue weighted by Crippen LogP contribution is -2.66. The molecule has 3 saturated carbocycles. The van der Waals surface area contributed by atoms with Crippen LogP contribution in [0.1, 0.15) is 77.6 Å². The summed E-state index contributed by atoms with van der Waals surface area (Å²) in [6, 6.07) is 0.486. The number of piperidine rings is 2. The Morgan fingerprint density at radius 1 is 0.902 bits per heavy atom. The molecule has 0 aromatic rings. The highest BCUT2D eigenvalue weighted by molar-refractivity contribution is 5.83. The summed E-state index contributed by atoms with van der Waals surface area (Å²) >= 11 is 0. The third-order valence-corrected chi connectivity index (χ3v) is 11.5. The van der Waals surface area contributed by atoms with E-state index in [0.29, 0.717) is 55.0 Å². The van der Waals surface area contributed by atoms with Gasteiger partial charge < -0.3 is 29.7 Å². The maximum Gasteiger partial charge on any atom is 0.310 e. The van der Waals surface area contributed by atoms with Crippen molar-refractivity contribution in [3.05, 3.63) is 0 Å². The van der Waals surface area contributed by atoms with Crippen LogP contribution in [0, 0.1) is 35.5 Å². The summed E-state index contributed by atoms with van der Waals surface area (Å²) in [5, 5.41) is 6.84. The molecule has 12 atom stereocenters. The molecule has 3 aliphatic heterocycles. The molecule has 6 rings (SSSR count). The standard InChI is InChI=1S/C31H47N3O7/c1-16(28(35)33-24-14-17(30(37)39-2)8-10-22(24)31(38)40-3)41-18-9-11-25-23(15-18)20-12-13-32-26-19-6-4-5-7-21(19)29(36)34(25)27(20)26/h16-27,32H,4-15H2,1-3H3,(H,33,35)/t16-,17?,18?,19?,20?,21?,22?,23?,24?,25?,26?,27?/m1/s1. The normalized spacial score (nSPS) is 42.3. The minimum Gasteiger partial charge on any atom is -0.469 e. The van der Waals surface area contributed by atoms with E-state index in [2.05, 4.69) is 15.5 Å². The molecule has 3 saturated heterocycles. The number of fused-ring (bicyclic) bond motifs is 5. The van der Waals surface area contributed by atoms with Gasteiger partial charge in [-0.25, -0.2) is 0 Å². The summed E-state index contributed by atoms with van der Waals surface area (Å²) < 4.78 is 16.3. The number of carbonyl (C=O) groups is 4. The second-order valence-corrected chi connectivity index (χ2v) is 13.4. The van der Waals surface area contributed by atoms with Crippen molar-refractivity contribution in [3.8, 4) is 0 Å². The molecule has 6 aliphatic rings. The third-order valence-electron chi connectivity index (χ3n) is 11.5. The van der Waals surface area contributed by atoms with Crippen molar-refractivity contribution in [2.24, 2.45) is 35.5 Å². The van der Waals surface area contributed by atoms with Crippen molar-refractivity contribution in [3.63, 3.8) is 0 Å². The van der Waals surface area contributed by atoms with Gasteiger partial charge in [-0.2, -0.15) is 0 Å². The number of rotatable bonds is 6. The summed E-state index contributed by atoms with van der Waals surface area (Å²) in [7, 11) is 2.70. The molecule has 41 heavy (non-hydrogen) atoms. The highest BCUT2D eigenvalue weighted by atomic mass is 16.5. The van der Waals surface area contributed by atoms with Crippen LogP contribution >= 0.6 is 0 Å². The molecule has 2 amide bonds. The minimum atomic E-state index is -0.692. The van der Waals surface area contributed by atoms with Gasteiger partial charge in [0.05, 0.1) is 38.2 Å². The quantitative estimate of drug-likeness (QED) is 0.464. The number of ether oxygens (including phenoxy) is 3. The van der Waals surface area contributed by atoms with Crippen molar-refractivity contribution in [2.75, 3.05) is 20.8 Å². The predicted molar refractivity (Wildman–Crippen MR) is 148 cm³/mol. The fourth-order valence-corrected chi connectivity index (χ4v) is 9.72. The molecule has 2 N–H and O–H groups in total. The number of nitrogens with one attached hydrogen (secondary N) is 2. The molecule has 0 spiro atoms. The van der Waals surface area contributed by atoms with Gasteiger partial charge in [0.1, 0.15) is 6.10 Å². The zero-order valence-electron chi connectivity index (χ0n) is 24.7. The van der Waals surface area contributed by atoms with Crippen molar-refractivity contribution >= 4 is 23.8 Å². The van der Waals surface area contributed by atoms with Crippen molar-refractivity contribution in [2.45, 2.75) is 114 Å². The van der Waals surface area contributed by atoms with Crippen LogP contribution in [0.2, 0.25) is 0 Å². The second-order valence-electron chi connectivity index (χ2n) is 13.4. The van der Waals surface area contributed by atoms with Gasteiger partial charge in [-0.05, 0) is 89.0 Å². The first-order valence-electron chi connectivity index (χ1n) is 16.0. The first-order valence-corrected chi connectivity index (χ1v) is 16.0. The highest BCUT2D eigenvalue weighted by Crippen LogP contribution is 2.54. The van der Waals surface area contributed by atoms with Crippen LogP contribution in [0.5, 0.6) is 0 Å². The Bertz CT molecular complexity index is 1040. The molecule has 3 aliphatic carbocycles. The van der Waals surface area contributed by atoms with Gasteiger partial charge in [0.15, 0.2) is 0 Å². The lowest BCUT2D eigenvalue weighted by atomic mass is 9.66. The molecule has 3 heterocycles. The summed E-state index contributed by atoms with van der Waals surface area (Å²) in [5.41, 5.74) is 0. The number of hydrogen-bond donors (Lipinski definition) is 2. The third kappa shape index (κ3) is 5.17. The Labute approximate surface area is 242 Å². The van der Waals surface area contributed by atoms with E-state index >= 15 is 0 Å². The van der Waals surface area contributed by atoms with Crippen LogP contribution in [0.25, 0.3) is 0 Å². The lowest BCUT2D eigenvalue weighted by Gasteiger charge is -2.52. The summed E-state index contributed by atoms with van der Waals surface area (Å²) in [5.74, 6) is 0.124. The highest BCUT2D eigenvalue weighted by Gasteiger charge is 2.61. The van der Waals surface area contributed by atoms with Crippen LogP contribution < -0.4 is 10.6 Å². The molecule has 11 unspecified atom stereocenters. The first kappa shape index (κ1) is 28.9. The summed E-state index contributed by atoms with van der Waals surface area (Å²) in [6.45, 7) is 2.78. The molecule has 228 valence electrons. The smallest absolute Gasteiger partial charge is 0.310 e. The van der Waals surface area contributed by atoms with Crippen LogP contribution in [0.4, 0.5) is 0 Å². The van der Waals surface area contributed by atoms with Gasteiger partial charge in [0, 0.05) is 24.0 Å². The molecule has 0 radical (unpaired) electrons. The Hall–Kier alpha value is -2.20. The average molecular weight is 574 g/mol. The van der Waals surface area contributed by atoms with E-state index in [9.17, 15) is 19.2 Å². The number of methoxy groups -OCH3 is 2. The summed E-state index contributed by atoms with van der Waals surface area (Å²) in [4.78, 5) is 54.1. The van der Waals surface area contributed by atoms with E-state index in [1.54, 1.807) is 6.92 Å². The first-order chi connectivity index (χ1) is 19.8. The number of amides is 2. The van der Waals surface area contributed by atoms with Crippen LogP contribution in [-0.2, 0) is 33.4 Å². The Kier molecular flexibility index (Phi) is 8.33. The fraction of sp³-hybridized carbons (Fsp3) is 0.871. The Morgan fingerprint density at radius 2 is 1.68 bits per heavy atom. The molecule has 10 heteroatoms. The molecule has 0 aromatic heterocycles. The topological polar surface area (TPSA) is 123 Å². The molecular weight excluding hydrogens is 526 g/mol. The molecule has 10 nitrogen and oxygen atoms in total. The van der Waals surface area contributed by atoms with E-state index < -0.39 is 18.1 Å². The maximum absolute atomic E-state index is 13.8. The average Bonchev–Trinajstić information content (AvgIpc) is 3.33. The SMILES string of the molecule is COC(=O)C1CCC(C(=O)OC)C(NC(=O)[C@@H](C)OC2CCC3C(C2)C2CCNC4C5CCCCC5C(=O)N3C24)C1. The molecule has 0 aromatic carbocycles. The summed E-state index contributed by atoms with van der Waals surface area (Å²) in [6.07, 6.45) is 8.86. The van der Waals surface area contributed by atoms with E-state index in [4.69, 9.17) is 14.2 Å². The van der Waals surface area contributed by atoms with Gasteiger partial charge in [-0.1, -0.05) is 12.8 Å². The van der Waals surface area contributed by atoms with Gasteiger partial charge in [0.2, 0.25) is 11.8 Å². The monoisotopic (exact) mass is 573 g/mol.